The van der Waals surface area contributed by atoms with E-state index in [-0.39, 0.29) is 17.6 Å². The summed E-state index contributed by atoms with van der Waals surface area (Å²) >= 11 is 0. The molecule has 4 nitrogen and oxygen atoms in total. The first-order chi connectivity index (χ1) is 15.9. The Hall–Kier alpha value is -2.85. The summed E-state index contributed by atoms with van der Waals surface area (Å²) in [6.45, 7) is 7.92. The molecule has 3 atom stereocenters. The fourth-order valence-corrected chi connectivity index (χ4v) is 5.20. The maximum Gasteiger partial charge on any atom is 0.290 e. The van der Waals surface area contributed by atoms with Crippen molar-refractivity contribution >= 4 is 5.91 Å². The lowest BCUT2D eigenvalue weighted by Gasteiger charge is -2.40. The Balaban J connectivity index is 1.60. The van der Waals surface area contributed by atoms with Crippen molar-refractivity contribution in [2.24, 2.45) is 5.92 Å². The van der Waals surface area contributed by atoms with Crippen LogP contribution < -0.4 is 0 Å². The normalized spacial score (nSPS) is 19.5. The van der Waals surface area contributed by atoms with E-state index >= 15 is 0 Å². The molecule has 1 amide bonds. The molecule has 0 bridgehead atoms. The lowest BCUT2D eigenvalue weighted by Crippen LogP contribution is -2.38. The summed E-state index contributed by atoms with van der Waals surface area (Å²) in [5.74, 6) is 1.21. The van der Waals surface area contributed by atoms with E-state index in [4.69, 9.17) is 9.15 Å². The van der Waals surface area contributed by atoms with Crippen LogP contribution in [-0.4, -0.2) is 29.6 Å². The van der Waals surface area contributed by atoms with Crippen LogP contribution >= 0.6 is 0 Å². The first kappa shape index (κ1) is 23.3. The zero-order valence-electron chi connectivity index (χ0n) is 19.9. The summed E-state index contributed by atoms with van der Waals surface area (Å²) in [5.41, 5.74) is 2.36. The topological polar surface area (TPSA) is 42.7 Å². The van der Waals surface area contributed by atoms with Crippen molar-refractivity contribution in [2.45, 2.75) is 57.6 Å². The second-order valence-corrected chi connectivity index (χ2v) is 9.73. The average molecular weight is 446 g/mol. The minimum Gasteiger partial charge on any atom is -0.459 e. The minimum atomic E-state index is -0.114. The van der Waals surface area contributed by atoms with Crippen LogP contribution in [0.1, 0.15) is 73.7 Å². The molecule has 1 aliphatic rings. The molecule has 0 N–H and O–H groups in total. The number of nitrogens with zero attached hydrogens (tertiary/aromatic N) is 1. The zero-order valence-corrected chi connectivity index (χ0v) is 19.9. The van der Waals surface area contributed by atoms with Crippen LogP contribution in [0.5, 0.6) is 0 Å². The van der Waals surface area contributed by atoms with Gasteiger partial charge in [0.25, 0.3) is 5.91 Å². The van der Waals surface area contributed by atoms with E-state index < -0.39 is 0 Å². The summed E-state index contributed by atoms with van der Waals surface area (Å²) in [5, 5.41) is 0. The van der Waals surface area contributed by atoms with Crippen LogP contribution in [0, 0.1) is 5.92 Å². The Kier molecular flexibility index (Phi) is 7.34. The third kappa shape index (κ3) is 5.75. The molecule has 4 heteroatoms. The highest BCUT2D eigenvalue weighted by atomic mass is 16.5. The molecule has 0 spiro atoms. The molecule has 2 heterocycles. The van der Waals surface area contributed by atoms with Crippen molar-refractivity contribution in [3.05, 3.63) is 95.9 Å². The molecule has 0 unspecified atom stereocenters. The molecule has 3 aromatic rings. The number of carbonyl (C=O) groups is 1. The van der Waals surface area contributed by atoms with Gasteiger partial charge in [0.15, 0.2) is 5.76 Å². The van der Waals surface area contributed by atoms with Crippen LogP contribution in [-0.2, 0) is 4.74 Å². The van der Waals surface area contributed by atoms with Gasteiger partial charge in [-0.25, -0.2) is 0 Å². The minimum absolute atomic E-state index is 0.0497. The number of carbonyl (C=O) groups excluding carboxylic acids is 1. The summed E-state index contributed by atoms with van der Waals surface area (Å²) in [4.78, 5) is 15.4. The number of hydrogen-bond acceptors (Lipinski definition) is 3. The molecule has 1 saturated heterocycles. The highest BCUT2D eigenvalue weighted by Crippen LogP contribution is 2.40. The van der Waals surface area contributed by atoms with E-state index in [1.54, 1.807) is 18.4 Å². The Morgan fingerprint density at radius 1 is 1.00 bits per heavy atom. The van der Waals surface area contributed by atoms with Gasteiger partial charge in [-0.3, -0.25) is 4.79 Å². The molecular formula is C29H35NO3. The Morgan fingerprint density at radius 2 is 1.67 bits per heavy atom. The van der Waals surface area contributed by atoms with E-state index in [1.807, 2.05) is 23.1 Å². The summed E-state index contributed by atoms with van der Waals surface area (Å²) in [6, 6.07) is 24.5. The third-order valence-corrected chi connectivity index (χ3v) is 6.96. The van der Waals surface area contributed by atoms with E-state index in [9.17, 15) is 4.79 Å². The molecule has 0 aliphatic carbocycles. The molecule has 174 valence electrons. The highest BCUT2D eigenvalue weighted by molar-refractivity contribution is 5.91. The van der Waals surface area contributed by atoms with Crippen molar-refractivity contribution in [1.82, 2.24) is 4.90 Å². The summed E-state index contributed by atoms with van der Waals surface area (Å²) in [7, 11) is 0. The molecule has 0 saturated carbocycles. The predicted octanol–water partition coefficient (Wildman–Crippen LogP) is 6.86. The van der Waals surface area contributed by atoms with Crippen molar-refractivity contribution in [1.29, 1.82) is 0 Å². The van der Waals surface area contributed by atoms with Crippen molar-refractivity contribution in [3.8, 4) is 0 Å². The van der Waals surface area contributed by atoms with Crippen molar-refractivity contribution < 1.29 is 13.9 Å². The van der Waals surface area contributed by atoms with Crippen LogP contribution in [0.15, 0.2) is 83.5 Å². The van der Waals surface area contributed by atoms with Gasteiger partial charge in [0.1, 0.15) is 0 Å². The molecular weight excluding hydrogens is 410 g/mol. The summed E-state index contributed by atoms with van der Waals surface area (Å²) < 4.78 is 11.5. The van der Waals surface area contributed by atoms with E-state index in [1.165, 1.54) is 5.56 Å². The number of furan rings is 1. The van der Waals surface area contributed by atoms with E-state index in [0.29, 0.717) is 24.1 Å². The van der Waals surface area contributed by atoms with Crippen LogP contribution in [0.4, 0.5) is 0 Å². The van der Waals surface area contributed by atoms with Gasteiger partial charge in [0, 0.05) is 13.2 Å². The molecule has 0 radical (unpaired) electrons. The zero-order chi connectivity index (χ0) is 23.3. The van der Waals surface area contributed by atoms with Crippen LogP contribution in [0.25, 0.3) is 0 Å². The molecule has 1 aromatic heterocycles. The maximum atomic E-state index is 13.5. The van der Waals surface area contributed by atoms with Gasteiger partial charge in [-0.05, 0) is 75.1 Å². The van der Waals surface area contributed by atoms with Crippen molar-refractivity contribution in [2.75, 3.05) is 13.2 Å². The van der Waals surface area contributed by atoms with Crippen molar-refractivity contribution in [3.63, 3.8) is 0 Å². The van der Waals surface area contributed by atoms with Gasteiger partial charge in [0.2, 0.25) is 0 Å². The lowest BCUT2D eigenvalue weighted by atomic mass is 9.75. The van der Waals surface area contributed by atoms with Gasteiger partial charge in [0.05, 0.1) is 17.9 Å². The van der Waals surface area contributed by atoms with Gasteiger partial charge < -0.3 is 14.1 Å². The number of benzene rings is 2. The number of ether oxygens (including phenoxy) is 1. The Bertz CT molecular complexity index is 998. The monoisotopic (exact) mass is 445 g/mol. The first-order valence-electron chi connectivity index (χ1n) is 12.0. The largest absolute Gasteiger partial charge is 0.459 e. The second-order valence-electron chi connectivity index (χ2n) is 9.73. The standard InChI is InChI=1S/C29H35NO3/c1-22(23-11-6-4-7-12-23)30(28(31)27-15-10-19-32-27)18-16-26(24-13-8-5-9-14-24)25-17-20-33-29(2,3)21-25/h4-15,19,22,25-26H,16-18,20-21H2,1-3H3/t22-,25-,26-/m0/s1. The van der Waals surface area contributed by atoms with Crippen LogP contribution in [0.3, 0.4) is 0 Å². The fourth-order valence-electron chi connectivity index (χ4n) is 5.20. The fraction of sp³-hybridized carbons (Fsp3) is 0.414. The summed E-state index contributed by atoms with van der Waals surface area (Å²) in [6.07, 6.45) is 4.53. The molecule has 1 fully saturated rings. The molecule has 4 rings (SSSR count). The number of rotatable bonds is 8. The molecule has 1 aliphatic heterocycles. The lowest BCUT2D eigenvalue weighted by molar-refractivity contribution is -0.0775. The molecule has 33 heavy (non-hydrogen) atoms. The number of amides is 1. The molecule has 2 aromatic carbocycles. The predicted molar refractivity (Wildman–Crippen MR) is 131 cm³/mol. The smallest absolute Gasteiger partial charge is 0.290 e. The van der Waals surface area contributed by atoms with Gasteiger partial charge in [-0.2, -0.15) is 0 Å². The Morgan fingerprint density at radius 3 is 2.27 bits per heavy atom. The average Bonchev–Trinajstić information content (AvgIpc) is 3.37. The van der Waals surface area contributed by atoms with E-state index in [0.717, 1.165) is 31.4 Å². The van der Waals surface area contributed by atoms with E-state index in [2.05, 4.69) is 63.2 Å². The highest BCUT2D eigenvalue weighted by Gasteiger charge is 2.35. The maximum absolute atomic E-state index is 13.5. The third-order valence-electron chi connectivity index (χ3n) is 6.96. The Labute approximate surface area is 197 Å². The van der Waals surface area contributed by atoms with Gasteiger partial charge in [-0.1, -0.05) is 60.7 Å². The second kappa shape index (κ2) is 10.4. The quantitative estimate of drug-likeness (QED) is 0.380. The number of hydrogen-bond donors (Lipinski definition) is 0. The van der Waals surface area contributed by atoms with Gasteiger partial charge in [-0.15, -0.1) is 0 Å². The first-order valence-corrected chi connectivity index (χ1v) is 12.0. The SMILES string of the molecule is C[C@@H](c1ccccc1)N(CC[C@@H](c1ccccc1)[C@H]1CCOC(C)(C)C1)C(=O)c1ccco1. The van der Waals surface area contributed by atoms with Gasteiger partial charge >= 0.3 is 0 Å². The van der Waals surface area contributed by atoms with Crippen LogP contribution in [0.2, 0.25) is 0 Å².